The number of rotatable bonds is 9. The fraction of sp³-hybridized carbons (Fsp3) is 0.529. The smallest absolute Gasteiger partial charge is 0.287 e. The molecular weight excluding hydrogens is 330 g/mol. The number of amides is 1. The van der Waals surface area contributed by atoms with Crippen LogP contribution in [0.4, 0.5) is 0 Å². The maximum absolute atomic E-state index is 11.7. The third kappa shape index (κ3) is 7.42. The van der Waals surface area contributed by atoms with E-state index in [0.29, 0.717) is 18.9 Å². The van der Waals surface area contributed by atoms with Gasteiger partial charge in [0.15, 0.2) is 0 Å². The van der Waals surface area contributed by atoms with Gasteiger partial charge >= 0.3 is 0 Å². The maximum Gasteiger partial charge on any atom is 0.287 e. The van der Waals surface area contributed by atoms with Crippen LogP contribution in [0.15, 0.2) is 28.7 Å². The van der Waals surface area contributed by atoms with Gasteiger partial charge in [-0.05, 0) is 30.0 Å². The summed E-state index contributed by atoms with van der Waals surface area (Å²) < 4.78 is 0.964. The summed E-state index contributed by atoms with van der Waals surface area (Å²) in [5.74, 6) is -0.0851. The van der Waals surface area contributed by atoms with Gasteiger partial charge in [0, 0.05) is 17.4 Å². The summed E-state index contributed by atoms with van der Waals surface area (Å²) in [7, 11) is 0. The molecule has 0 saturated heterocycles. The molecule has 1 N–H and O–H groups in total. The lowest BCUT2D eigenvalue weighted by Gasteiger charge is -2.07. The van der Waals surface area contributed by atoms with Crippen molar-refractivity contribution in [3.05, 3.63) is 34.3 Å². The second-order valence-corrected chi connectivity index (χ2v) is 6.41. The lowest BCUT2D eigenvalue weighted by Crippen LogP contribution is -2.30. The first kappa shape index (κ1) is 17.9. The maximum atomic E-state index is 11.7. The zero-order chi connectivity index (χ0) is 15.7. The van der Waals surface area contributed by atoms with Gasteiger partial charge in [0.25, 0.3) is 5.91 Å². The van der Waals surface area contributed by atoms with Crippen LogP contribution < -0.4 is 5.32 Å². The van der Waals surface area contributed by atoms with Crippen molar-refractivity contribution in [3.63, 3.8) is 0 Å². The Labute approximate surface area is 135 Å². The second kappa shape index (κ2) is 9.72. The summed E-state index contributed by atoms with van der Waals surface area (Å²) in [6.45, 7) is 4.77. The number of benzene rings is 1. The van der Waals surface area contributed by atoms with E-state index < -0.39 is 5.91 Å². The van der Waals surface area contributed by atoms with Crippen LogP contribution in [0, 0.1) is 5.92 Å². The van der Waals surface area contributed by atoms with Crippen molar-refractivity contribution in [2.24, 2.45) is 5.92 Å². The molecule has 4 heteroatoms. The minimum absolute atomic E-state index is 0.311. The molecule has 1 rings (SSSR count). The van der Waals surface area contributed by atoms with Crippen LogP contribution in [-0.2, 0) is 16.1 Å². The van der Waals surface area contributed by atoms with Crippen molar-refractivity contribution in [1.82, 2.24) is 5.32 Å². The number of ketones is 1. The quantitative estimate of drug-likeness (QED) is 0.533. The van der Waals surface area contributed by atoms with Gasteiger partial charge in [0.05, 0.1) is 0 Å². The zero-order valence-electron chi connectivity index (χ0n) is 12.8. The first-order valence-corrected chi connectivity index (χ1v) is 8.37. The van der Waals surface area contributed by atoms with Crippen LogP contribution in [0.5, 0.6) is 0 Å². The number of halogens is 1. The van der Waals surface area contributed by atoms with Crippen LogP contribution in [0.25, 0.3) is 0 Å². The minimum Gasteiger partial charge on any atom is -0.345 e. The SMILES string of the molecule is CCC(C)CCCCC(=O)C(=O)NCc1cccc(Br)c1. The highest BCUT2D eigenvalue weighted by Gasteiger charge is 2.12. The van der Waals surface area contributed by atoms with Crippen molar-refractivity contribution in [2.45, 2.75) is 52.5 Å². The molecule has 1 unspecified atom stereocenters. The van der Waals surface area contributed by atoms with E-state index >= 15 is 0 Å². The van der Waals surface area contributed by atoms with E-state index in [9.17, 15) is 9.59 Å². The van der Waals surface area contributed by atoms with Gasteiger partial charge < -0.3 is 5.32 Å². The molecule has 116 valence electrons. The standard InChI is InChI=1S/C17H24BrNO2/c1-3-13(2)7-4-5-10-16(20)17(21)19-12-14-8-6-9-15(18)11-14/h6,8-9,11,13H,3-5,7,10,12H2,1-2H3,(H,19,21). The Morgan fingerprint density at radius 1 is 1.29 bits per heavy atom. The molecule has 1 aromatic carbocycles. The van der Waals surface area contributed by atoms with Gasteiger partial charge in [-0.3, -0.25) is 9.59 Å². The number of nitrogens with one attached hydrogen (secondary N) is 1. The average Bonchev–Trinajstić information content (AvgIpc) is 2.48. The van der Waals surface area contributed by atoms with Gasteiger partial charge in [-0.25, -0.2) is 0 Å². The molecule has 0 aromatic heterocycles. The van der Waals surface area contributed by atoms with E-state index in [2.05, 4.69) is 35.1 Å². The summed E-state index contributed by atoms with van der Waals surface area (Å²) in [6.07, 6.45) is 4.46. The van der Waals surface area contributed by atoms with Crippen LogP contribution in [0.3, 0.4) is 0 Å². The Morgan fingerprint density at radius 2 is 2.05 bits per heavy atom. The number of carbonyl (C=O) groups is 2. The minimum atomic E-state index is -0.474. The van der Waals surface area contributed by atoms with Crippen molar-refractivity contribution in [1.29, 1.82) is 0 Å². The largest absolute Gasteiger partial charge is 0.345 e. The number of hydrogen-bond acceptors (Lipinski definition) is 2. The number of Topliss-reactive ketones (excluding diaryl/α,β-unsaturated/α-hetero) is 1. The summed E-state index contributed by atoms with van der Waals surface area (Å²) in [4.78, 5) is 23.4. The Morgan fingerprint density at radius 3 is 2.71 bits per heavy atom. The van der Waals surface area contributed by atoms with Gasteiger partial charge in [0.1, 0.15) is 0 Å². The molecule has 0 aliphatic rings. The van der Waals surface area contributed by atoms with Crippen molar-refractivity contribution in [2.75, 3.05) is 0 Å². The highest BCUT2D eigenvalue weighted by atomic mass is 79.9. The van der Waals surface area contributed by atoms with Gasteiger partial charge in [0.2, 0.25) is 5.78 Å². The molecule has 0 fully saturated rings. The van der Waals surface area contributed by atoms with Crippen molar-refractivity contribution in [3.8, 4) is 0 Å². The van der Waals surface area contributed by atoms with Crippen molar-refractivity contribution >= 4 is 27.6 Å². The Hall–Kier alpha value is -1.16. The van der Waals surface area contributed by atoms with Gasteiger partial charge in [-0.1, -0.05) is 61.2 Å². The van der Waals surface area contributed by atoms with Crippen LogP contribution in [0.2, 0.25) is 0 Å². The second-order valence-electron chi connectivity index (χ2n) is 5.49. The molecule has 1 aromatic rings. The Bertz CT molecular complexity index is 474. The Balaban J connectivity index is 2.24. The highest BCUT2D eigenvalue weighted by molar-refractivity contribution is 9.10. The predicted molar refractivity (Wildman–Crippen MR) is 88.9 cm³/mol. The van der Waals surface area contributed by atoms with E-state index in [1.54, 1.807) is 0 Å². The molecule has 0 spiro atoms. The van der Waals surface area contributed by atoms with Crippen molar-refractivity contribution < 1.29 is 9.59 Å². The summed E-state index contributed by atoms with van der Waals surface area (Å²) in [5.41, 5.74) is 0.974. The number of unbranched alkanes of at least 4 members (excludes halogenated alkanes) is 1. The lowest BCUT2D eigenvalue weighted by molar-refractivity contribution is -0.138. The summed E-state index contributed by atoms with van der Waals surface area (Å²) in [6, 6.07) is 7.68. The highest BCUT2D eigenvalue weighted by Crippen LogP contribution is 2.13. The van der Waals surface area contributed by atoms with Crippen LogP contribution >= 0.6 is 15.9 Å². The van der Waals surface area contributed by atoms with E-state index in [1.807, 2.05) is 24.3 Å². The first-order chi connectivity index (χ1) is 10.0. The molecule has 1 amide bonds. The van der Waals surface area contributed by atoms with Gasteiger partial charge in [-0.15, -0.1) is 0 Å². The number of carbonyl (C=O) groups excluding carboxylic acids is 2. The molecule has 0 heterocycles. The number of hydrogen-bond donors (Lipinski definition) is 1. The fourth-order valence-electron chi connectivity index (χ4n) is 2.02. The van der Waals surface area contributed by atoms with Crippen LogP contribution in [0.1, 0.15) is 51.5 Å². The predicted octanol–water partition coefficient (Wildman–Crippen LogP) is 4.24. The fourth-order valence-corrected chi connectivity index (χ4v) is 2.47. The molecule has 21 heavy (non-hydrogen) atoms. The van der Waals surface area contributed by atoms with E-state index in [0.717, 1.165) is 29.3 Å². The molecule has 0 aliphatic heterocycles. The third-order valence-electron chi connectivity index (χ3n) is 3.64. The molecule has 0 aliphatic carbocycles. The van der Waals surface area contributed by atoms with E-state index in [1.165, 1.54) is 6.42 Å². The van der Waals surface area contributed by atoms with E-state index in [4.69, 9.17) is 0 Å². The molecule has 0 radical (unpaired) electrons. The molecule has 0 saturated carbocycles. The van der Waals surface area contributed by atoms with Crippen LogP contribution in [-0.4, -0.2) is 11.7 Å². The molecule has 0 bridgehead atoms. The Kier molecular flexibility index (Phi) is 8.28. The van der Waals surface area contributed by atoms with Gasteiger partial charge in [-0.2, -0.15) is 0 Å². The summed E-state index contributed by atoms with van der Waals surface area (Å²) in [5, 5.41) is 2.68. The molecule has 3 nitrogen and oxygen atoms in total. The molecule has 1 atom stereocenters. The van der Waals surface area contributed by atoms with E-state index in [-0.39, 0.29) is 5.78 Å². The third-order valence-corrected chi connectivity index (χ3v) is 4.14. The first-order valence-electron chi connectivity index (χ1n) is 7.58. The normalized spacial score (nSPS) is 12.0. The summed E-state index contributed by atoms with van der Waals surface area (Å²) >= 11 is 3.38. The monoisotopic (exact) mass is 353 g/mol. The lowest BCUT2D eigenvalue weighted by atomic mass is 10.00. The average molecular weight is 354 g/mol. The topological polar surface area (TPSA) is 46.2 Å². The molecular formula is C17H24BrNO2. The zero-order valence-corrected chi connectivity index (χ0v) is 14.4.